The van der Waals surface area contributed by atoms with E-state index < -0.39 is 13.0 Å². The van der Waals surface area contributed by atoms with Crippen molar-refractivity contribution in [2.24, 2.45) is 0 Å². The van der Waals surface area contributed by atoms with Gasteiger partial charge in [0.15, 0.2) is 0 Å². The third kappa shape index (κ3) is 2.19. The summed E-state index contributed by atoms with van der Waals surface area (Å²) in [5.74, 6) is 0. The number of alkyl halides is 3. The quantitative estimate of drug-likeness (QED) is 0.823. The van der Waals surface area contributed by atoms with Crippen LogP contribution in [0, 0.1) is 0 Å². The van der Waals surface area contributed by atoms with E-state index in [1.807, 2.05) is 0 Å². The number of halogens is 3. The van der Waals surface area contributed by atoms with Gasteiger partial charge in [0.05, 0.1) is 23.6 Å². The van der Waals surface area contributed by atoms with Crippen LogP contribution in [0.3, 0.4) is 0 Å². The van der Waals surface area contributed by atoms with Gasteiger partial charge in [-0.2, -0.15) is 0 Å². The number of rotatable bonds is 3. The minimum absolute atomic E-state index is 0.0338. The molecule has 0 aliphatic rings. The molecule has 14 heavy (non-hydrogen) atoms. The molecule has 0 atom stereocenters. The van der Waals surface area contributed by atoms with Gasteiger partial charge in [-0.1, -0.05) is 15.9 Å². The van der Waals surface area contributed by atoms with Gasteiger partial charge in [-0.05, 0) is 6.07 Å². The van der Waals surface area contributed by atoms with Crippen LogP contribution in [0.5, 0.6) is 0 Å². The zero-order chi connectivity index (χ0) is 10.7. The van der Waals surface area contributed by atoms with Gasteiger partial charge in [0.1, 0.15) is 0 Å². The molecule has 0 bridgehead atoms. The topological polar surface area (TPSA) is 59.1 Å². The van der Waals surface area contributed by atoms with Gasteiger partial charge >= 0.3 is 0 Å². The Hall–Kier alpha value is -0.750. The highest BCUT2D eigenvalue weighted by Gasteiger charge is 2.18. The molecule has 0 aliphatic heterocycles. The Morgan fingerprint density at radius 2 is 2.21 bits per heavy atom. The second-order valence-corrected chi connectivity index (χ2v) is 3.22. The minimum atomic E-state index is -2.71. The van der Waals surface area contributed by atoms with Crippen LogP contribution in [0.1, 0.15) is 23.4 Å². The first-order valence-electron chi connectivity index (χ1n) is 3.83. The monoisotopic (exact) mass is 266 g/mol. The Labute approximate surface area is 88.1 Å². The molecular formula is C8H9BrF2N2O. The molecule has 78 valence electrons. The lowest BCUT2D eigenvalue weighted by molar-refractivity contribution is 0.147. The lowest BCUT2D eigenvalue weighted by atomic mass is 10.1. The van der Waals surface area contributed by atoms with Crippen LogP contribution < -0.4 is 5.73 Å². The number of nitrogen functional groups attached to an aromatic ring is 1. The second-order valence-electron chi connectivity index (χ2n) is 2.66. The molecule has 3 N–H and O–H groups in total. The maximum Gasteiger partial charge on any atom is 0.267 e. The molecule has 0 unspecified atom stereocenters. The second kappa shape index (κ2) is 4.65. The van der Waals surface area contributed by atoms with Crippen molar-refractivity contribution < 1.29 is 13.9 Å². The van der Waals surface area contributed by atoms with Crippen molar-refractivity contribution in [1.29, 1.82) is 0 Å². The molecule has 0 aliphatic carbocycles. The average Bonchev–Trinajstić information content (AvgIpc) is 2.15. The van der Waals surface area contributed by atoms with Crippen LogP contribution in [-0.4, -0.2) is 10.1 Å². The molecule has 1 heterocycles. The molecule has 0 aromatic carbocycles. The normalized spacial score (nSPS) is 10.9. The van der Waals surface area contributed by atoms with E-state index in [0.29, 0.717) is 11.0 Å². The fourth-order valence-corrected chi connectivity index (χ4v) is 1.42. The van der Waals surface area contributed by atoms with E-state index in [1.165, 1.54) is 6.07 Å². The van der Waals surface area contributed by atoms with Crippen LogP contribution in [0.4, 0.5) is 14.5 Å². The summed E-state index contributed by atoms with van der Waals surface area (Å²) in [4.78, 5) is 3.83. The molecule has 0 spiro atoms. The van der Waals surface area contributed by atoms with Crippen molar-refractivity contribution in [3.8, 4) is 0 Å². The molecule has 6 heteroatoms. The summed E-state index contributed by atoms with van der Waals surface area (Å²) in [5.41, 5.74) is 5.47. The lowest BCUT2D eigenvalue weighted by Crippen LogP contribution is -2.06. The number of hydrogen-bond donors (Lipinski definition) is 2. The third-order valence-electron chi connectivity index (χ3n) is 1.73. The fraction of sp³-hybridized carbons (Fsp3) is 0.375. The van der Waals surface area contributed by atoms with Gasteiger partial charge in [-0.3, -0.25) is 4.98 Å². The van der Waals surface area contributed by atoms with Crippen molar-refractivity contribution >= 4 is 21.6 Å². The Morgan fingerprint density at radius 3 is 2.64 bits per heavy atom. The first kappa shape index (κ1) is 11.3. The highest BCUT2D eigenvalue weighted by atomic mass is 79.9. The van der Waals surface area contributed by atoms with Crippen molar-refractivity contribution in [1.82, 2.24) is 4.98 Å². The molecule has 0 radical (unpaired) electrons. The molecule has 0 fully saturated rings. The van der Waals surface area contributed by atoms with Crippen molar-refractivity contribution in [3.05, 3.63) is 23.0 Å². The number of aromatic nitrogens is 1. The predicted octanol–water partition coefficient (Wildman–Crippen LogP) is 1.99. The standard InChI is InChI=1S/C8H9BrF2N2O/c9-2-4-1-5(12)7(8(10)11)6(3-14)13-4/h1,8,14H,2-3H2,(H2,12,13). The number of hydrogen-bond acceptors (Lipinski definition) is 3. The summed E-state index contributed by atoms with van der Waals surface area (Å²) in [7, 11) is 0. The molecule has 0 amide bonds. The largest absolute Gasteiger partial charge is 0.398 e. The van der Waals surface area contributed by atoms with Crippen molar-refractivity contribution in [2.45, 2.75) is 18.4 Å². The van der Waals surface area contributed by atoms with Gasteiger partial charge in [-0.15, -0.1) is 0 Å². The van der Waals surface area contributed by atoms with Gasteiger partial charge in [0.2, 0.25) is 0 Å². The Balaban J connectivity index is 3.27. The highest BCUT2D eigenvalue weighted by molar-refractivity contribution is 9.08. The van der Waals surface area contributed by atoms with Gasteiger partial charge < -0.3 is 10.8 Å². The maximum atomic E-state index is 12.5. The summed E-state index contributed by atoms with van der Waals surface area (Å²) in [5, 5.41) is 9.26. The minimum Gasteiger partial charge on any atom is -0.398 e. The summed E-state index contributed by atoms with van der Waals surface area (Å²) < 4.78 is 24.9. The smallest absolute Gasteiger partial charge is 0.267 e. The molecular weight excluding hydrogens is 258 g/mol. The molecule has 3 nitrogen and oxygen atoms in total. The molecule has 1 aromatic heterocycles. The Morgan fingerprint density at radius 1 is 1.57 bits per heavy atom. The lowest BCUT2D eigenvalue weighted by Gasteiger charge is -2.10. The molecule has 0 saturated carbocycles. The molecule has 1 rings (SSSR count). The van der Waals surface area contributed by atoms with E-state index in [1.54, 1.807) is 0 Å². The van der Waals surface area contributed by atoms with Gasteiger partial charge in [0.25, 0.3) is 6.43 Å². The number of pyridine rings is 1. The van der Waals surface area contributed by atoms with E-state index in [0.717, 1.165) is 0 Å². The number of nitrogens with zero attached hydrogens (tertiary/aromatic N) is 1. The Kier molecular flexibility index (Phi) is 3.77. The Bertz CT molecular complexity index is 333. The van der Waals surface area contributed by atoms with Gasteiger partial charge in [-0.25, -0.2) is 8.78 Å². The van der Waals surface area contributed by atoms with Crippen LogP contribution in [0.25, 0.3) is 0 Å². The molecule has 1 aromatic rings. The summed E-state index contributed by atoms with van der Waals surface area (Å²) >= 11 is 3.13. The predicted molar refractivity (Wildman–Crippen MR) is 52.2 cm³/mol. The zero-order valence-corrected chi connectivity index (χ0v) is 8.76. The highest BCUT2D eigenvalue weighted by Crippen LogP contribution is 2.28. The first-order valence-corrected chi connectivity index (χ1v) is 4.95. The number of aliphatic hydroxyl groups is 1. The first-order chi connectivity index (χ1) is 6.60. The number of nitrogens with two attached hydrogens (primary N) is 1. The van der Waals surface area contributed by atoms with Crippen LogP contribution >= 0.6 is 15.9 Å². The summed E-state index contributed by atoms with van der Waals surface area (Å²) in [6.45, 7) is -0.537. The van der Waals surface area contributed by atoms with Crippen molar-refractivity contribution in [3.63, 3.8) is 0 Å². The average molecular weight is 267 g/mol. The van der Waals surface area contributed by atoms with E-state index in [-0.39, 0.29) is 16.9 Å². The van der Waals surface area contributed by atoms with Crippen LogP contribution in [-0.2, 0) is 11.9 Å². The maximum absolute atomic E-state index is 12.5. The molecule has 0 saturated heterocycles. The summed E-state index contributed by atoms with van der Waals surface area (Å²) in [6, 6.07) is 1.37. The van der Waals surface area contributed by atoms with Crippen LogP contribution in [0.15, 0.2) is 6.07 Å². The number of anilines is 1. The fourth-order valence-electron chi connectivity index (χ4n) is 1.13. The summed E-state index contributed by atoms with van der Waals surface area (Å²) in [6.07, 6.45) is -2.71. The zero-order valence-electron chi connectivity index (χ0n) is 7.17. The van der Waals surface area contributed by atoms with E-state index >= 15 is 0 Å². The van der Waals surface area contributed by atoms with Gasteiger partial charge in [0, 0.05) is 11.0 Å². The van der Waals surface area contributed by atoms with Crippen molar-refractivity contribution in [2.75, 3.05) is 5.73 Å². The van der Waals surface area contributed by atoms with Crippen LogP contribution in [0.2, 0.25) is 0 Å². The third-order valence-corrected chi connectivity index (χ3v) is 2.30. The SMILES string of the molecule is Nc1cc(CBr)nc(CO)c1C(F)F. The van der Waals surface area contributed by atoms with E-state index in [9.17, 15) is 8.78 Å². The van der Waals surface area contributed by atoms with E-state index in [2.05, 4.69) is 20.9 Å². The number of aliphatic hydroxyl groups excluding tert-OH is 1. The van der Waals surface area contributed by atoms with E-state index in [4.69, 9.17) is 10.8 Å².